The molecule has 1 aromatic carbocycles. The number of nitrogens with one attached hydrogen (secondary N) is 1. The highest BCUT2D eigenvalue weighted by molar-refractivity contribution is 5.79. The van der Waals surface area contributed by atoms with Gasteiger partial charge in [0.2, 0.25) is 5.91 Å². The number of alkyl halides is 3. The van der Waals surface area contributed by atoms with Gasteiger partial charge in [-0.1, -0.05) is 12.5 Å². The first kappa shape index (κ1) is 20.5. The van der Waals surface area contributed by atoms with Crippen LogP contribution in [0.5, 0.6) is 0 Å². The van der Waals surface area contributed by atoms with Gasteiger partial charge in [-0.25, -0.2) is 0 Å². The van der Waals surface area contributed by atoms with Gasteiger partial charge in [-0.3, -0.25) is 9.69 Å². The first-order valence-electron chi connectivity index (χ1n) is 10.8. The molecule has 7 heteroatoms. The van der Waals surface area contributed by atoms with E-state index in [1.54, 1.807) is 6.07 Å². The number of hydrogen-bond donors (Lipinski definition) is 1. The van der Waals surface area contributed by atoms with Gasteiger partial charge in [-0.05, 0) is 62.3 Å². The van der Waals surface area contributed by atoms with Crippen LogP contribution >= 0.6 is 0 Å². The van der Waals surface area contributed by atoms with Gasteiger partial charge in [0, 0.05) is 44.3 Å². The van der Waals surface area contributed by atoms with E-state index < -0.39 is 11.7 Å². The van der Waals surface area contributed by atoms with Gasteiger partial charge in [-0.2, -0.15) is 13.2 Å². The fourth-order valence-electron chi connectivity index (χ4n) is 5.32. The summed E-state index contributed by atoms with van der Waals surface area (Å²) in [6.45, 7) is 4.72. The van der Waals surface area contributed by atoms with Crippen molar-refractivity contribution in [3.05, 3.63) is 29.8 Å². The largest absolute Gasteiger partial charge is 0.416 e. The Labute approximate surface area is 170 Å². The fraction of sp³-hybridized carbons (Fsp3) is 0.682. The summed E-state index contributed by atoms with van der Waals surface area (Å²) in [5.41, 5.74) is 0.0428. The third-order valence-electron chi connectivity index (χ3n) is 6.94. The standard InChI is InChI=1S/C22H30F3N3O/c23-22(24,25)18-3-1-4-19(15-18)28-11-9-27(10-12-28)8-2-7-26-21(29)20-14-16-5-6-17(20)13-16/h1,3-4,15-17,20H,2,5-14H2,(H,26,29)/t16-,17-,20+/m0/s1. The summed E-state index contributed by atoms with van der Waals surface area (Å²) in [7, 11) is 0. The van der Waals surface area contributed by atoms with Crippen LogP contribution in [0.3, 0.4) is 0 Å². The van der Waals surface area contributed by atoms with Gasteiger partial charge in [-0.15, -0.1) is 0 Å². The molecule has 3 aliphatic rings. The molecular weight excluding hydrogens is 379 g/mol. The lowest BCUT2D eigenvalue weighted by molar-refractivity contribution is -0.137. The summed E-state index contributed by atoms with van der Waals surface area (Å²) in [6, 6.07) is 5.57. The molecule has 1 aromatic rings. The van der Waals surface area contributed by atoms with Gasteiger partial charge < -0.3 is 10.2 Å². The Balaban J connectivity index is 1.16. The highest BCUT2D eigenvalue weighted by Crippen LogP contribution is 2.48. The molecule has 2 aliphatic carbocycles. The average molecular weight is 409 g/mol. The average Bonchev–Trinajstić information content (AvgIpc) is 3.35. The van der Waals surface area contributed by atoms with Crippen molar-refractivity contribution in [2.24, 2.45) is 17.8 Å². The van der Waals surface area contributed by atoms with E-state index in [9.17, 15) is 18.0 Å². The van der Waals surface area contributed by atoms with Crippen molar-refractivity contribution in [3.8, 4) is 0 Å². The third kappa shape index (κ3) is 4.87. The number of fused-ring (bicyclic) bond motifs is 2. The van der Waals surface area contributed by atoms with E-state index in [0.717, 1.165) is 57.5 Å². The maximum Gasteiger partial charge on any atom is 0.416 e. The monoisotopic (exact) mass is 409 g/mol. The van der Waals surface area contributed by atoms with Gasteiger partial charge in [0.05, 0.1) is 5.56 Å². The first-order valence-corrected chi connectivity index (χ1v) is 10.8. The molecule has 4 nitrogen and oxygen atoms in total. The van der Waals surface area contributed by atoms with Gasteiger partial charge in [0.25, 0.3) is 0 Å². The minimum absolute atomic E-state index is 0.241. The quantitative estimate of drug-likeness (QED) is 0.727. The van der Waals surface area contributed by atoms with Gasteiger partial charge in [0.15, 0.2) is 0 Å². The number of amides is 1. The number of anilines is 1. The van der Waals surface area contributed by atoms with E-state index >= 15 is 0 Å². The molecule has 4 rings (SSSR count). The van der Waals surface area contributed by atoms with Crippen molar-refractivity contribution in [1.82, 2.24) is 10.2 Å². The molecule has 2 saturated carbocycles. The molecule has 29 heavy (non-hydrogen) atoms. The fourth-order valence-corrected chi connectivity index (χ4v) is 5.32. The molecule has 0 aromatic heterocycles. The lowest BCUT2D eigenvalue weighted by atomic mass is 9.88. The Kier molecular flexibility index (Phi) is 6.04. The molecule has 1 heterocycles. The van der Waals surface area contributed by atoms with E-state index in [-0.39, 0.29) is 11.8 Å². The van der Waals surface area contributed by atoms with E-state index in [4.69, 9.17) is 0 Å². The van der Waals surface area contributed by atoms with Crippen LogP contribution in [0.25, 0.3) is 0 Å². The smallest absolute Gasteiger partial charge is 0.369 e. The number of piperazine rings is 1. The second-order valence-electron chi connectivity index (χ2n) is 8.80. The molecule has 1 amide bonds. The zero-order chi connectivity index (χ0) is 20.4. The lowest BCUT2D eigenvalue weighted by Gasteiger charge is -2.36. The first-order chi connectivity index (χ1) is 13.9. The van der Waals surface area contributed by atoms with Crippen molar-refractivity contribution < 1.29 is 18.0 Å². The number of carbonyl (C=O) groups excluding carboxylic acids is 1. The number of benzene rings is 1. The van der Waals surface area contributed by atoms with Crippen LogP contribution in [-0.4, -0.2) is 50.1 Å². The molecule has 1 aliphatic heterocycles. The Bertz CT molecular complexity index is 715. The van der Waals surface area contributed by atoms with Crippen LogP contribution < -0.4 is 10.2 Å². The molecule has 0 unspecified atom stereocenters. The highest BCUT2D eigenvalue weighted by atomic mass is 19.4. The summed E-state index contributed by atoms with van der Waals surface area (Å²) >= 11 is 0. The highest BCUT2D eigenvalue weighted by Gasteiger charge is 2.42. The molecule has 0 radical (unpaired) electrons. The van der Waals surface area contributed by atoms with Crippen LogP contribution in [0.15, 0.2) is 24.3 Å². The van der Waals surface area contributed by atoms with Crippen LogP contribution in [0.4, 0.5) is 18.9 Å². The minimum atomic E-state index is -4.31. The van der Waals surface area contributed by atoms with Crippen LogP contribution in [0, 0.1) is 17.8 Å². The summed E-state index contributed by atoms with van der Waals surface area (Å²) < 4.78 is 38.7. The van der Waals surface area contributed by atoms with Crippen molar-refractivity contribution in [2.45, 2.75) is 38.3 Å². The molecule has 2 bridgehead atoms. The van der Waals surface area contributed by atoms with Crippen LogP contribution in [-0.2, 0) is 11.0 Å². The van der Waals surface area contributed by atoms with E-state index in [2.05, 4.69) is 10.2 Å². The number of rotatable bonds is 6. The summed E-state index contributed by atoms with van der Waals surface area (Å²) in [6.07, 6.45) is 1.46. The van der Waals surface area contributed by atoms with E-state index in [1.165, 1.54) is 31.4 Å². The maximum atomic E-state index is 12.9. The van der Waals surface area contributed by atoms with Gasteiger partial charge >= 0.3 is 6.18 Å². The van der Waals surface area contributed by atoms with E-state index in [1.807, 2.05) is 4.90 Å². The Hall–Kier alpha value is -1.76. The Morgan fingerprint density at radius 1 is 1.10 bits per heavy atom. The van der Waals surface area contributed by atoms with Crippen molar-refractivity contribution >= 4 is 11.6 Å². The Morgan fingerprint density at radius 2 is 1.90 bits per heavy atom. The zero-order valence-electron chi connectivity index (χ0n) is 16.8. The number of hydrogen-bond acceptors (Lipinski definition) is 3. The van der Waals surface area contributed by atoms with Crippen LogP contribution in [0.2, 0.25) is 0 Å². The minimum Gasteiger partial charge on any atom is -0.369 e. The normalized spacial score (nSPS) is 27.4. The predicted molar refractivity (Wildman–Crippen MR) is 107 cm³/mol. The molecule has 1 N–H and O–H groups in total. The van der Waals surface area contributed by atoms with Gasteiger partial charge in [0.1, 0.15) is 0 Å². The SMILES string of the molecule is O=C(NCCCN1CCN(c2cccc(C(F)(F)F)c2)CC1)[C@@H]1C[C@H]2CC[C@H]1C2. The molecule has 160 valence electrons. The third-order valence-corrected chi connectivity index (χ3v) is 6.94. The number of carbonyl (C=O) groups is 1. The maximum absolute atomic E-state index is 12.9. The molecule has 3 atom stereocenters. The van der Waals surface area contributed by atoms with Crippen molar-refractivity contribution in [3.63, 3.8) is 0 Å². The number of halogens is 3. The molecule has 0 spiro atoms. The summed E-state index contributed by atoms with van der Waals surface area (Å²) in [5.74, 6) is 1.88. The molecule has 1 saturated heterocycles. The second-order valence-corrected chi connectivity index (χ2v) is 8.80. The van der Waals surface area contributed by atoms with Crippen molar-refractivity contribution in [2.75, 3.05) is 44.2 Å². The van der Waals surface area contributed by atoms with Crippen molar-refractivity contribution in [1.29, 1.82) is 0 Å². The van der Waals surface area contributed by atoms with E-state index in [0.29, 0.717) is 18.2 Å². The lowest BCUT2D eigenvalue weighted by Crippen LogP contribution is -2.47. The Morgan fingerprint density at radius 3 is 2.55 bits per heavy atom. The van der Waals surface area contributed by atoms with Crippen LogP contribution in [0.1, 0.15) is 37.7 Å². The molecule has 3 fully saturated rings. The molecular formula is C22H30F3N3O. The topological polar surface area (TPSA) is 35.6 Å². The number of nitrogens with zero attached hydrogens (tertiary/aromatic N) is 2. The summed E-state index contributed by atoms with van der Waals surface area (Å²) in [4.78, 5) is 16.7. The second kappa shape index (κ2) is 8.54. The predicted octanol–water partition coefficient (Wildman–Crippen LogP) is 3.77. The summed E-state index contributed by atoms with van der Waals surface area (Å²) in [5, 5.41) is 3.12. The zero-order valence-corrected chi connectivity index (χ0v) is 16.8.